The zero-order chi connectivity index (χ0) is 17.4. The van der Waals surface area contributed by atoms with Gasteiger partial charge in [-0.25, -0.2) is 0 Å². The van der Waals surface area contributed by atoms with Crippen molar-refractivity contribution in [2.24, 2.45) is 0 Å². The molecule has 1 aliphatic carbocycles. The van der Waals surface area contributed by atoms with Crippen molar-refractivity contribution in [1.29, 1.82) is 0 Å². The van der Waals surface area contributed by atoms with Gasteiger partial charge in [0.2, 0.25) is 0 Å². The number of hydrogen-bond acceptors (Lipinski definition) is 4. The molecule has 1 N–H and O–H groups in total. The summed E-state index contributed by atoms with van der Waals surface area (Å²) >= 11 is 0. The van der Waals surface area contributed by atoms with Gasteiger partial charge < -0.3 is 9.64 Å². The van der Waals surface area contributed by atoms with Crippen LogP contribution in [-0.4, -0.2) is 39.1 Å². The largest absolute Gasteiger partial charge is 0.482 e. The van der Waals surface area contributed by atoms with Crippen molar-refractivity contribution in [3.05, 3.63) is 40.5 Å². The molecule has 1 aliphatic heterocycles. The number of aryl methyl sites for hydroxylation is 2. The average molecular weight is 340 g/mol. The molecule has 1 fully saturated rings. The van der Waals surface area contributed by atoms with Gasteiger partial charge >= 0.3 is 0 Å². The molecule has 1 saturated carbocycles. The lowest BCUT2D eigenvalue weighted by Gasteiger charge is -2.27. The number of rotatable bonds is 5. The van der Waals surface area contributed by atoms with Crippen LogP contribution in [-0.2, 0) is 24.2 Å². The number of H-pyrrole nitrogens is 1. The first-order valence-electron chi connectivity index (χ1n) is 9.08. The number of amides is 1. The van der Waals surface area contributed by atoms with E-state index in [0.29, 0.717) is 24.8 Å². The number of nitrogens with one attached hydrogen (secondary N) is 1. The Morgan fingerprint density at radius 3 is 3.00 bits per heavy atom. The second-order valence-corrected chi connectivity index (χ2v) is 6.95. The molecule has 0 saturated heterocycles. The number of pyridine rings is 1. The first-order valence-corrected chi connectivity index (χ1v) is 9.08. The van der Waals surface area contributed by atoms with Gasteiger partial charge in [0.15, 0.2) is 6.61 Å². The maximum atomic E-state index is 12.6. The maximum absolute atomic E-state index is 12.6. The summed E-state index contributed by atoms with van der Waals surface area (Å²) in [6.07, 6.45) is 4.06. The van der Waals surface area contributed by atoms with E-state index in [1.54, 1.807) is 0 Å². The smallest absolute Gasteiger partial charge is 0.260 e. The summed E-state index contributed by atoms with van der Waals surface area (Å²) in [5, 5.41) is 7.63. The Kier molecular flexibility index (Phi) is 4.19. The van der Waals surface area contributed by atoms with E-state index in [1.807, 2.05) is 30.9 Å². The van der Waals surface area contributed by atoms with Gasteiger partial charge in [-0.3, -0.25) is 14.9 Å². The van der Waals surface area contributed by atoms with Gasteiger partial charge in [-0.2, -0.15) is 5.10 Å². The summed E-state index contributed by atoms with van der Waals surface area (Å²) in [6, 6.07) is 3.82. The first kappa shape index (κ1) is 16.1. The predicted octanol–water partition coefficient (Wildman–Crippen LogP) is 2.52. The summed E-state index contributed by atoms with van der Waals surface area (Å²) in [5.41, 5.74) is 5.46. The molecule has 0 radical (unpaired) electrons. The summed E-state index contributed by atoms with van der Waals surface area (Å²) in [7, 11) is 0. The molecule has 0 aromatic carbocycles. The predicted molar refractivity (Wildman–Crippen MR) is 93.5 cm³/mol. The van der Waals surface area contributed by atoms with Crippen molar-refractivity contribution in [1.82, 2.24) is 20.1 Å². The Labute approximate surface area is 147 Å². The minimum Gasteiger partial charge on any atom is -0.482 e. The lowest BCUT2D eigenvalue weighted by Crippen LogP contribution is -2.39. The van der Waals surface area contributed by atoms with Crippen molar-refractivity contribution in [2.45, 2.75) is 52.0 Å². The van der Waals surface area contributed by atoms with Crippen LogP contribution in [0.5, 0.6) is 5.75 Å². The van der Waals surface area contributed by atoms with E-state index in [1.165, 1.54) is 29.8 Å². The van der Waals surface area contributed by atoms with Gasteiger partial charge in [0.1, 0.15) is 5.75 Å². The molecule has 0 atom stereocenters. The van der Waals surface area contributed by atoms with Crippen molar-refractivity contribution in [3.8, 4) is 5.75 Å². The highest BCUT2D eigenvalue weighted by Crippen LogP contribution is 2.42. The Balaban J connectivity index is 1.41. The number of nitrogens with zero attached hydrogens (tertiary/aromatic N) is 3. The zero-order valence-corrected chi connectivity index (χ0v) is 14.8. The topological polar surface area (TPSA) is 71.1 Å². The number of ether oxygens (including phenoxy) is 1. The quantitative estimate of drug-likeness (QED) is 0.908. The molecule has 4 rings (SSSR count). The molecule has 2 aromatic heterocycles. The molecule has 0 unspecified atom stereocenters. The lowest BCUT2D eigenvalue weighted by molar-refractivity contribution is -0.134. The van der Waals surface area contributed by atoms with E-state index < -0.39 is 0 Å². The monoisotopic (exact) mass is 340 g/mol. The highest BCUT2D eigenvalue weighted by molar-refractivity contribution is 5.78. The molecule has 3 heterocycles. The molecular formula is C19H24N4O2. The molecule has 0 bridgehead atoms. The van der Waals surface area contributed by atoms with Crippen LogP contribution < -0.4 is 4.74 Å². The van der Waals surface area contributed by atoms with E-state index in [2.05, 4.69) is 15.2 Å². The van der Waals surface area contributed by atoms with Crippen LogP contribution in [0.2, 0.25) is 0 Å². The maximum Gasteiger partial charge on any atom is 0.260 e. The van der Waals surface area contributed by atoms with Gasteiger partial charge in [0.05, 0.1) is 11.4 Å². The third-order valence-corrected chi connectivity index (χ3v) is 5.04. The third-order valence-electron chi connectivity index (χ3n) is 5.04. The molecule has 1 amide bonds. The van der Waals surface area contributed by atoms with Gasteiger partial charge in [0.25, 0.3) is 5.91 Å². The van der Waals surface area contributed by atoms with E-state index in [4.69, 9.17) is 4.74 Å². The zero-order valence-electron chi connectivity index (χ0n) is 14.8. The van der Waals surface area contributed by atoms with E-state index >= 15 is 0 Å². The fraction of sp³-hybridized carbons (Fsp3) is 0.526. The number of fused-ring (bicyclic) bond motifs is 1. The summed E-state index contributed by atoms with van der Waals surface area (Å²) in [6.45, 7) is 5.42. The molecule has 132 valence electrons. The minimum atomic E-state index is 0.0243. The second kappa shape index (κ2) is 6.50. The Hall–Kier alpha value is -2.37. The lowest BCUT2D eigenvalue weighted by atomic mass is 10.0. The van der Waals surface area contributed by atoms with Crippen molar-refractivity contribution < 1.29 is 9.53 Å². The Bertz CT molecular complexity index is 795. The number of aromatic nitrogens is 3. The van der Waals surface area contributed by atoms with Crippen molar-refractivity contribution >= 4 is 5.91 Å². The number of aromatic amines is 1. The Morgan fingerprint density at radius 2 is 2.24 bits per heavy atom. The SMILES string of the molecule is CCc1nc(C)ccc1OCC(=O)N1CCc2[nH]nc(C3CC3)c2C1. The normalized spacial score (nSPS) is 16.6. The number of hydrogen-bond donors (Lipinski definition) is 1. The van der Waals surface area contributed by atoms with Crippen LogP contribution in [0, 0.1) is 6.92 Å². The fourth-order valence-electron chi connectivity index (χ4n) is 3.44. The average Bonchev–Trinajstić information content (AvgIpc) is 3.39. The van der Waals surface area contributed by atoms with Crippen LogP contribution in [0.1, 0.15) is 54.0 Å². The number of carbonyl (C=O) groups excluding carboxylic acids is 1. The fourth-order valence-corrected chi connectivity index (χ4v) is 3.44. The third kappa shape index (κ3) is 3.25. The van der Waals surface area contributed by atoms with Crippen molar-refractivity contribution in [3.63, 3.8) is 0 Å². The standard InChI is InChI=1S/C19H24N4O2/c1-3-15-17(7-4-12(2)20-15)25-11-18(24)23-9-8-16-14(10-23)19(22-21-16)13-5-6-13/h4,7,13H,3,5-6,8-11H2,1-2H3,(H,21,22). The summed E-state index contributed by atoms with van der Waals surface area (Å²) < 4.78 is 5.78. The van der Waals surface area contributed by atoms with E-state index in [9.17, 15) is 4.79 Å². The van der Waals surface area contributed by atoms with Gasteiger partial charge in [-0.1, -0.05) is 6.92 Å². The van der Waals surface area contributed by atoms with E-state index in [0.717, 1.165) is 24.2 Å². The molecule has 2 aromatic rings. The van der Waals surface area contributed by atoms with Crippen LogP contribution in [0.4, 0.5) is 0 Å². The molecule has 2 aliphatic rings. The molecular weight excluding hydrogens is 316 g/mol. The Morgan fingerprint density at radius 1 is 1.40 bits per heavy atom. The summed E-state index contributed by atoms with van der Waals surface area (Å²) in [4.78, 5) is 19.0. The van der Waals surface area contributed by atoms with Crippen molar-refractivity contribution in [2.75, 3.05) is 13.2 Å². The highest BCUT2D eigenvalue weighted by atomic mass is 16.5. The van der Waals surface area contributed by atoms with Crippen LogP contribution >= 0.6 is 0 Å². The minimum absolute atomic E-state index is 0.0243. The molecule has 6 nitrogen and oxygen atoms in total. The van der Waals surface area contributed by atoms with Gasteiger partial charge in [-0.05, 0) is 38.3 Å². The molecule has 6 heteroatoms. The number of carbonyl (C=O) groups is 1. The molecule has 25 heavy (non-hydrogen) atoms. The first-order chi connectivity index (χ1) is 12.2. The van der Waals surface area contributed by atoms with Crippen LogP contribution in [0.25, 0.3) is 0 Å². The van der Waals surface area contributed by atoms with E-state index in [-0.39, 0.29) is 12.5 Å². The second-order valence-electron chi connectivity index (χ2n) is 6.95. The van der Waals surface area contributed by atoms with Gasteiger partial charge in [0, 0.05) is 42.4 Å². The highest BCUT2D eigenvalue weighted by Gasteiger charge is 2.33. The summed E-state index contributed by atoms with van der Waals surface area (Å²) in [5.74, 6) is 1.33. The van der Waals surface area contributed by atoms with Crippen LogP contribution in [0.15, 0.2) is 12.1 Å². The van der Waals surface area contributed by atoms with Crippen LogP contribution in [0.3, 0.4) is 0 Å². The van der Waals surface area contributed by atoms with Gasteiger partial charge in [-0.15, -0.1) is 0 Å². The molecule has 0 spiro atoms.